The van der Waals surface area contributed by atoms with Crippen LogP contribution in [0.1, 0.15) is 0 Å². The molecule has 0 amide bonds. The lowest BCUT2D eigenvalue weighted by Crippen LogP contribution is -2.13. The van der Waals surface area contributed by atoms with Crippen LogP contribution in [0.2, 0.25) is 0 Å². The third-order valence-electron chi connectivity index (χ3n) is 5.08. The number of aromatic amines is 1. The lowest BCUT2D eigenvalue weighted by Gasteiger charge is -2.17. The van der Waals surface area contributed by atoms with Crippen LogP contribution < -0.4 is 35.9 Å². The van der Waals surface area contributed by atoms with Gasteiger partial charge in [-0.2, -0.15) is 4.98 Å². The van der Waals surface area contributed by atoms with E-state index in [0.717, 1.165) is 28.5 Å². The van der Waals surface area contributed by atoms with Gasteiger partial charge in [0, 0.05) is 30.4 Å². The van der Waals surface area contributed by atoms with E-state index in [2.05, 4.69) is 30.9 Å². The lowest BCUT2D eigenvalue weighted by molar-refractivity contribution is 0.325. The highest BCUT2D eigenvalue weighted by Crippen LogP contribution is 2.43. The predicted octanol–water partition coefficient (Wildman–Crippen LogP) is 3.98. The Hall–Kier alpha value is -4.25. The number of methoxy groups -OCH3 is 3. The van der Waals surface area contributed by atoms with Gasteiger partial charge in [0.1, 0.15) is 0 Å². The molecule has 0 atom stereocenters. The molecule has 0 spiro atoms. The first kappa shape index (κ1) is 22.9. The number of H-pyrrole nitrogens is 1. The van der Waals surface area contributed by atoms with Gasteiger partial charge in [0.15, 0.2) is 23.1 Å². The van der Waals surface area contributed by atoms with E-state index in [4.69, 9.17) is 19.9 Å². The third-order valence-corrected chi connectivity index (χ3v) is 5.08. The minimum Gasteiger partial charge on any atom is -0.493 e. The molecule has 11 heteroatoms. The molecule has 0 bridgehead atoms. The summed E-state index contributed by atoms with van der Waals surface area (Å²) in [6.07, 6.45) is 2.93. The molecule has 0 saturated carbocycles. The first-order chi connectivity index (χ1) is 16.6. The maximum Gasteiger partial charge on any atom is 0.229 e. The topological polar surface area (TPSA) is 131 Å². The Labute approximate surface area is 195 Å². The fourth-order valence-electron chi connectivity index (χ4n) is 3.55. The van der Waals surface area contributed by atoms with E-state index in [1.807, 2.05) is 24.4 Å². The van der Waals surface area contributed by atoms with Crippen molar-refractivity contribution in [3.8, 4) is 17.2 Å². The highest BCUT2D eigenvalue weighted by atomic mass is 19.1. The molecular weight excluding hydrogens is 441 g/mol. The van der Waals surface area contributed by atoms with Gasteiger partial charge in [0.2, 0.25) is 11.7 Å². The van der Waals surface area contributed by atoms with E-state index >= 15 is 0 Å². The number of nitrogens with two attached hydrogens (primary N) is 1. The van der Waals surface area contributed by atoms with Crippen LogP contribution >= 0.6 is 0 Å². The second-order valence-corrected chi connectivity index (χ2v) is 7.20. The molecule has 2 aromatic heterocycles. The fourth-order valence-corrected chi connectivity index (χ4v) is 3.55. The summed E-state index contributed by atoms with van der Waals surface area (Å²) in [5.41, 5.74) is 8.53. The number of nitrogens with one attached hydrogen (secondary N) is 4. The zero-order chi connectivity index (χ0) is 24.1. The molecule has 0 aliphatic carbocycles. The molecule has 0 fully saturated rings. The van der Waals surface area contributed by atoms with Crippen LogP contribution in [0.4, 0.5) is 33.2 Å². The molecule has 178 valence electrons. The highest BCUT2D eigenvalue weighted by Gasteiger charge is 2.18. The van der Waals surface area contributed by atoms with Crippen molar-refractivity contribution in [3.63, 3.8) is 0 Å². The summed E-state index contributed by atoms with van der Waals surface area (Å²) in [6.45, 7) is 1.13. The van der Waals surface area contributed by atoms with Crippen LogP contribution in [-0.2, 0) is 0 Å². The Bertz CT molecular complexity index is 1300. The summed E-state index contributed by atoms with van der Waals surface area (Å²) in [7, 11) is 4.50. The average molecular weight is 468 g/mol. The van der Waals surface area contributed by atoms with Crippen molar-refractivity contribution < 1.29 is 18.6 Å². The van der Waals surface area contributed by atoms with Crippen LogP contribution in [0, 0.1) is 5.82 Å². The van der Waals surface area contributed by atoms with E-state index < -0.39 is 5.82 Å². The van der Waals surface area contributed by atoms with Crippen molar-refractivity contribution in [1.82, 2.24) is 15.0 Å². The molecular formula is C23H26FN7O3. The van der Waals surface area contributed by atoms with E-state index in [0.29, 0.717) is 36.0 Å². The van der Waals surface area contributed by atoms with Crippen LogP contribution in [0.3, 0.4) is 0 Å². The quantitative estimate of drug-likeness (QED) is 0.235. The van der Waals surface area contributed by atoms with Crippen LogP contribution in [-0.4, -0.2) is 49.4 Å². The molecule has 4 rings (SSSR count). The van der Waals surface area contributed by atoms with E-state index in [9.17, 15) is 4.39 Å². The van der Waals surface area contributed by atoms with Gasteiger partial charge in [-0.25, -0.2) is 9.37 Å². The first-order valence-electron chi connectivity index (χ1n) is 10.5. The fraction of sp³-hybridized carbons (Fsp3) is 0.217. The third kappa shape index (κ3) is 4.59. The normalized spacial score (nSPS) is 10.7. The minimum absolute atomic E-state index is 0.0387. The summed E-state index contributed by atoms with van der Waals surface area (Å²) in [5, 5.41) is 10.4. The molecule has 4 aromatic rings. The van der Waals surface area contributed by atoms with Crippen molar-refractivity contribution in [2.75, 3.05) is 50.4 Å². The van der Waals surface area contributed by atoms with Gasteiger partial charge < -0.3 is 40.9 Å². The number of fused-ring (bicyclic) bond motifs is 1. The highest BCUT2D eigenvalue weighted by molar-refractivity contribution is 5.95. The smallest absolute Gasteiger partial charge is 0.229 e. The molecule has 0 aliphatic heterocycles. The zero-order valence-electron chi connectivity index (χ0n) is 19.0. The van der Waals surface area contributed by atoms with Crippen LogP contribution in [0.15, 0.2) is 42.7 Å². The largest absolute Gasteiger partial charge is 0.493 e. The number of anilines is 5. The zero-order valence-corrected chi connectivity index (χ0v) is 19.0. The molecule has 0 saturated heterocycles. The van der Waals surface area contributed by atoms with Crippen molar-refractivity contribution in [2.45, 2.75) is 0 Å². The van der Waals surface area contributed by atoms with Gasteiger partial charge in [-0.05, 0) is 30.3 Å². The van der Waals surface area contributed by atoms with Gasteiger partial charge in [-0.1, -0.05) is 0 Å². The summed E-state index contributed by atoms with van der Waals surface area (Å²) < 4.78 is 30.8. The minimum atomic E-state index is -0.634. The van der Waals surface area contributed by atoms with Crippen molar-refractivity contribution in [2.24, 2.45) is 5.73 Å². The summed E-state index contributed by atoms with van der Waals surface area (Å²) in [6, 6.07) is 9.24. The first-order valence-corrected chi connectivity index (χ1v) is 10.5. The molecule has 0 radical (unpaired) electrons. The Balaban J connectivity index is 1.66. The monoisotopic (exact) mass is 467 g/mol. The number of hydrogen-bond donors (Lipinski definition) is 5. The second kappa shape index (κ2) is 10.1. The predicted molar refractivity (Wildman–Crippen MR) is 130 cm³/mol. The van der Waals surface area contributed by atoms with Gasteiger partial charge in [-0.3, -0.25) is 0 Å². The number of aromatic nitrogens is 3. The molecule has 10 nitrogen and oxygen atoms in total. The maximum atomic E-state index is 14.6. The lowest BCUT2D eigenvalue weighted by atomic mass is 10.2. The Morgan fingerprint density at radius 1 is 1.00 bits per heavy atom. The van der Waals surface area contributed by atoms with E-state index in [1.165, 1.54) is 21.3 Å². The number of rotatable bonds is 10. The molecule has 0 aliphatic rings. The summed E-state index contributed by atoms with van der Waals surface area (Å²) in [5.74, 6) is 0.734. The number of benzene rings is 2. The molecule has 34 heavy (non-hydrogen) atoms. The van der Waals surface area contributed by atoms with Gasteiger partial charge in [0.05, 0.1) is 44.4 Å². The van der Waals surface area contributed by atoms with Crippen LogP contribution in [0.25, 0.3) is 10.9 Å². The molecule has 6 N–H and O–H groups in total. The Morgan fingerprint density at radius 2 is 1.82 bits per heavy atom. The van der Waals surface area contributed by atoms with Crippen molar-refractivity contribution >= 4 is 39.7 Å². The Morgan fingerprint density at radius 3 is 2.56 bits per heavy atom. The van der Waals surface area contributed by atoms with Gasteiger partial charge in [-0.15, -0.1) is 0 Å². The number of nitrogens with zero attached hydrogens (tertiary/aromatic N) is 2. The molecule has 2 heterocycles. The molecule has 2 aromatic carbocycles. The average Bonchev–Trinajstić information content (AvgIpc) is 3.33. The number of halogens is 1. The van der Waals surface area contributed by atoms with Crippen LogP contribution in [0.5, 0.6) is 17.2 Å². The molecule has 0 unspecified atom stereocenters. The summed E-state index contributed by atoms with van der Waals surface area (Å²) >= 11 is 0. The number of ether oxygens (including phenoxy) is 3. The Kier molecular flexibility index (Phi) is 6.83. The SMILES string of the molecule is COc1ccc(Nc2nc(Nc3cc(NCCN)cc4cc[nH]c34)ncc2F)c(OC)c1OC. The van der Waals surface area contributed by atoms with E-state index in [1.54, 1.807) is 12.1 Å². The van der Waals surface area contributed by atoms with Gasteiger partial charge in [0.25, 0.3) is 0 Å². The van der Waals surface area contributed by atoms with Crippen molar-refractivity contribution in [3.05, 3.63) is 48.5 Å². The summed E-state index contributed by atoms with van der Waals surface area (Å²) in [4.78, 5) is 11.6. The number of hydrogen-bond acceptors (Lipinski definition) is 9. The van der Waals surface area contributed by atoms with Gasteiger partial charge >= 0.3 is 0 Å². The standard InChI is InChI=1S/C23H26FN7O3/c1-32-18-5-4-16(20(33-2)21(18)34-3)29-22-15(24)12-28-23(31-22)30-17-11-14(26-9-7-25)10-13-6-8-27-19(13)17/h4-6,8,10-12,26-27H,7,9,25H2,1-3H3,(H2,28,29,30,31). The van der Waals surface area contributed by atoms with E-state index in [-0.39, 0.29) is 11.8 Å². The second-order valence-electron chi connectivity index (χ2n) is 7.20. The van der Waals surface area contributed by atoms with Crippen molar-refractivity contribution in [1.29, 1.82) is 0 Å². The maximum absolute atomic E-state index is 14.6.